The van der Waals surface area contributed by atoms with Crippen LogP contribution in [0.25, 0.3) is 0 Å². The minimum Gasteiger partial charge on any atom is -0.388 e. The van der Waals surface area contributed by atoms with Crippen molar-refractivity contribution in [3.05, 3.63) is 69.2 Å². The molecule has 1 unspecified atom stereocenters. The predicted octanol–water partition coefficient (Wildman–Crippen LogP) is 4.58. The van der Waals surface area contributed by atoms with Crippen molar-refractivity contribution in [1.29, 1.82) is 0 Å². The fourth-order valence-corrected chi connectivity index (χ4v) is 2.34. The van der Waals surface area contributed by atoms with E-state index < -0.39 is 6.10 Å². The first-order chi connectivity index (χ1) is 8.54. The van der Waals surface area contributed by atoms with Crippen molar-refractivity contribution in [2.75, 3.05) is 0 Å². The van der Waals surface area contributed by atoms with Crippen LogP contribution in [0.15, 0.2) is 42.5 Å². The zero-order valence-corrected chi connectivity index (χ0v) is 11.5. The molecule has 94 valence electrons. The highest BCUT2D eigenvalue weighted by atomic mass is 35.5. The Kier molecular flexibility index (Phi) is 4.28. The Bertz CT molecular complexity index is 514. The largest absolute Gasteiger partial charge is 0.388 e. The molecule has 1 atom stereocenters. The fourth-order valence-electron chi connectivity index (χ4n) is 1.92. The molecule has 0 saturated carbocycles. The molecule has 1 N–H and O–H groups in total. The van der Waals surface area contributed by atoms with Gasteiger partial charge in [0.15, 0.2) is 0 Å². The number of rotatable bonds is 3. The maximum absolute atomic E-state index is 10.2. The maximum atomic E-state index is 10.2. The van der Waals surface area contributed by atoms with Gasteiger partial charge in [-0.2, -0.15) is 0 Å². The highest BCUT2D eigenvalue weighted by Gasteiger charge is 2.10. The molecule has 0 heterocycles. The van der Waals surface area contributed by atoms with Gasteiger partial charge in [-0.25, -0.2) is 0 Å². The first-order valence-corrected chi connectivity index (χ1v) is 6.50. The van der Waals surface area contributed by atoms with Crippen LogP contribution in [0, 0.1) is 6.92 Å². The number of halogens is 2. The summed E-state index contributed by atoms with van der Waals surface area (Å²) in [6.07, 6.45) is 0.000286. The van der Waals surface area contributed by atoms with Gasteiger partial charge in [0.05, 0.1) is 6.10 Å². The Morgan fingerprint density at radius 1 is 1.00 bits per heavy atom. The Labute approximate surface area is 117 Å². The van der Waals surface area contributed by atoms with Gasteiger partial charge in [-0.1, -0.05) is 41.4 Å². The zero-order chi connectivity index (χ0) is 13.1. The SMILES string of the molecule is Cc1cc(Cl)cc(C(O)Cc2ccc(Cl)cc2)c1. The van der Waals surface area contributed by atoms with Crippen LogP contribution in [-0.2, 0) is 6.42 Å². The van der Waals surface area contributed by atoms with Crippen LogP contribution in [0.3, 0.4) is 0 Å². The standard InChI is InChI=1S/C15H14Cl2O/c1-10-6-12(9-14(17)7-10)15(18)8-11-2-4-13(16)5-3-11/h2-7,9,15,18H,8H2,1H3. The Morgan fingerprint density at radius 2 is 1.67 bits per heavy atom. The molecule has 0 bridgehead atoms. The summed E-state index contributed by atoms with van der Waals surface area (Å²) in [6.45, 7) is 1.96. The van der Waals surface area contributed by atoms with Crippen molar-refractivity contribution < 1.29 is 5.11 Å². The van der Waals surface area contributed by atoms with Crippen molar-refractivity contribution in [2.45, 2.75) is 19.4 Å². The van der Waals surface area contributed by atoms with Crippen LogP contribution < -0.4 is 0 Å². The van der Waals surface area contributed by atoms with E-state index >= 15 is 0 Å². The molecule has 0 amide bonds. The lowest BCUT2D eigenvalue weighted by Gasteiger charge is -2.12. The van der Waals surface area contributed by atoms with E-state index in [1.54, 1.807) is 6.07 Å². The van der Waals surface area contributed by atoms with Gasteiger partial charge in [-0.05, 0) is 47.9 Å². The van der Waals surface area contributed by atoms with Crippen molar-refractivity contribution in [3.63, 3.8) is 0 Å². The smallest absolute Gasteiger partial charge is 0.0830 e. The van der Waals surface area contributed by atoms with Gasteiger partial charge in [0.1, 0.15) is 0 Å². The van der Waals surface area contributed by atoms with Gasteiger partial charge in [-0.3, -0.25) is 0 Å². The second kappa shape index (κ2) is 5.75. The third-order valence-corrected chi connectivity index (χ3v) is 3.26. The van der Waals surface area contributed by atoms with E-state index in [1.165, 1.54) is 0 Å². The molecule has 0 radical (unpaired) electrons. The molecule has 0 aliphatic rings. The van der Waals surface area contributed by atoms with E-state index in [-0.39, 0.29) is 0 Å². The minimum atomic E-state index is -0.552. The summed E-state index contributed by atoms with van der Waals surface area (Å²) in [6, 6.07) is 13.1. The van der Waals surface area contributed by atoms with Gasteiger partial charge in [0, 0.05) is 16.5 Å². The lowest BCUT2D eigenvalue weighted by atomic mass is 10.00. The van der Waals surface area contributed by atoms with E-state index in [0.29, 0.717) is 16.5 Å². The summed E-state index contributed by atoms with van der Waals surface area (Å²) in [5.41, 5.74) is 2.94. The molecule has 0 spiro atoms. The first-order valence-electron chi connectivity index (χ1n) is 5.74. The molecule has 1 nitrogen and oxygen atoms in total. The summed E-state index contributed by atoms with van der Waals surface area (Å²) in [7, 11) is 0. The lowest BCUT2D eigenvalue weighted by Crippen LogP contribution is -2.02. The van der Waals surface area contributed by atoms with Crippen molar-refractivity contribution >= 4 is 23.2 Å². The third-order valence-electron chi connectivity index (χ3n) is 2.79. The molecule has 0 saturated heterocycles. The molecular weight excluding hydrogens is 267 g/mol. The van der Waals surface area contributed by atoms with Crippen LogP contribution >= 0.6 is 23.2 Å². The van der Waals surface area contributed by atoms with Crippen LogP contribution in [0.5, 0.6) is 0 Å². The minimum absolute atomic E-state index is 0.552. The topological polar surface area (TPSA) is 20.2 Å². The van der Waals surface area contributed by atoms with Crippen LogP contribution in [-0.4, -0.2) is 5.11 Å². The number of aliphatic hydroxyl groups excluding tert-OH is 1. The molecule has 2 aromatic rings. The summed E-state index contributed by atoms with van der Waals surface area (Å²) in [5, 5.41) is 11.6. The number of benzene rings is 2. The quantitative estimate of drug-likeness (QED) is 0.873. The predicted molar refractivity (Wildman–Crippen MR) is 76.3 cm³/mol. The summed E-state index contributed by atoms with van der Waals surface area (Å²) >= 11 is 11.8. The second-order valence-electron chi connectivity index (χ2n) is 4.41. The second-order valence-corrected chi connectivity index (χ2v) is 5.28. The average Bonchev–Trinajstić information content (AvgIpc) is 2.31. The molecule has 2 aromatic carbocycles. The van der Waals surface area contributed by atoms with Gasteiger partial charge in [0.2, 0.25) is 0 Å². The molecule has 0 aliphatic carbocycles. The summed E-state index contributed by atoms with van der Waals surface area (Å²) < 4.78 is 0. The monoisotopic (exact) mass is 280 g/mol. The van der Waals surface area contributed by atoms with E-state index in [1.807, 2.05) is 43.3 Å². The molecule has 0 aromatic heterocycles. The third kappa shape index (κ3) is 3.49. The Balaban J connectivity index is 2.16. The van der Waals surface area contributed by atoms with Gasteiger partial charge >= 0.3 is 0 Å². The zero-order valence-electron chi connectivity index (χ0n) is 10.0. The lowest BCUT2D eigenvalue weighted by molar-refractivity contribution is 0.178. The van der Waals surface area contributed by atoms with E-state index in [0.717, 1.165) is 16.7 Å². The van der Waals surface area contributed by atoms with Crippen LogP contribution in [0.4, 0.5) is 0 Å². The van der Waals surface area contributed by atoms with Crippen LogP contribution in [0.1, 0.15) is 22.8 Å². The van der Waals surface area contributed by atoms with Crippen molar-refractivity contribution in [1.82, 2.24) is 0 Å². The number of hydrogen-bond acceptors (Lipinski definition) is 1. The molecule has 3 heteroatoms. The normalized spacial score (nSPS) is 12.4. The molecule has 0 fully saturated rings. The molecule has 18 heavy (non-hydrogen) atoms. The maximum Gasteiger partial charge on any atom is 0.0830 e. The Hall–Kier alpha value is -1.02. The highest BCUT2D eigenvalue weighted by molar-refractivity contribution is 6.30. The molecule has 0 aliphatic heterocycles. The average molecular weight is 281 g/mol. The number of aliphatic hydroxyl groups is 1. The van der Waals surface area contributed by atoms with E-state index in [9.17, 15) is 5.11 Å². The number of aryl methyl sites for hydroxylation is 1. The van der Waals surface area contributed by atoms with Crippen molar-refractivity contribution in [2.24, 2.45) is 0 Å². The highest BCUT2D eigenvalue weighted by Crippen LogP contribution is 2.23. The van der Waals surface area contributed by atoms with Gasteiger partial charge in [-0.15, -0.1) is 0 Å². The molecular formula is C15H14Cl2O. The summed E-state index contributed by atoms with van der Waals surface area (Å²) in [5.74, 6) is 0. The fraction of sp³-hybridized carbons (Fsp3) is 0.200. The number of hydrogen-bond donors (Lipinski definition) is 1. The Morgan fingerprint density at radius 3 is 2.28 bits per heavy atom. The van der Waals surface area contributed by atoms with E-state index in [4.69, 9.17) is 23.2 Å². The first kappa shape index (κ1) is 13.4. The molecule has 2 rings (SSSR count). The van der Waals surface area contributed by atoms with Gasteiger partial charge < -0.3 is 5.11 Å². The van der Waals surface area contributed by atoms with Crippen molar-refractivity contribution in [3.8, 4) is 0 Å². The summed E-state index contributed by atoms with van der Waals surface area (Å²) in [4.78, 5) is 0. The van der Waals surface area contributed by atoms with Gasteiger partial charge in [0.25, 0.3) is 0 Å². The van der Waals surface area contributed by atoms with E-state index in [2.05, 4.69) is 0 Å². The van der Waals surface area contributed by atoms with Crippen LogP contribution in [0.2, 0.25) is 10.0 Å².